The summed E-state index contributed by atoms with van der Waals surface area (Å²) < 4.78 is 0. The average Bonchev–Trinajstić information content (AvgIpc) is 3.26. The van der Waals surface area contributed by atoms with E-state index in [-0.39, 0.29) is 11.5 Å². The van der Waals surface area contributed by atoms with Gasteiger partial charge in [0.1, 0.15) is 0 Å². The standard InChI is InChI=1S/C26H46N2O/c1-16(27-6)21-17(29)14-24(5)19-9-8-18-22(2,3)20(28-7)10-11-25(18)15-26(19,25)13-12-23(21,24)4/h16-21,27-29H,8-15H2,1-7H3/t16?,17-,18+,19+,20-,21+,23-,24+,25-,26+/m1/s1. The van der Waals surface area contributed by atoms with Crippen molar-refractivity contribution in [3.63, 3.8) is 0 Å². The van der Waals surface area contributed by atoms with Gasteiger partial charge >= 0.3 is 0 Å². The van der Waals surface area contributed by atoms with Crippen molar-refractivity contribution in [1.29, 1.82) is 0 Å². The van der Waals surface area contributed by atoms with Gasteiger partial charge in [-0.15, -0.1) is 0 Å². The van der Waals surface area contributed by atoms with Crippen LogP contribution >= 0.6 is 0 Å². The fourth-order valence-electron chi connectivity index (χ4n) is 11.1. The van der Waals surface area contributed by atoms with Crippen LogP contribution in [0, 0.1) is 44.8 Å². The van der Waals surface area contributed by atoms with Crippen LogP contribution in [-0.2, 0) is 0 Å². The van der Waals surface area contributed by atoms with Crippen molar-refractivity contribution < 1.29 is 5.11 Å². The third kappa shape index (κ3) is 2.16. The second-order valence-electron chi connectivity index (χ2n) is 13.1. The van der Waals surface area contributed by atoms with E-state index < -0.39 is 0 Å². The number of nitrogens with one attached hydrogen (secondary N) is 2. The molecule has 5 rings (SSSR count). The lowest BCUT2D eigenvalue weighted by molar-refractivity contribution is -0.144. The van der Waals surface area contributed by atoms with Crippen LogP contribution in [0.25, 0.3) is 0 Å². The predicted octanol–water partition coefficient (Wildman–Crippen LogP) is 4.59. The van der Waals surface area contributed by atoms with Gasteiger partial charge in [0.25, 0.3) is 0 Å². The molecule has 3 N–H and O–H groups in total. The summed E-state index contributed by atoms with van der Waals surface area (Å²) in [5, 5.41) is 18.4. The van der Waals surface area contributed by atoms with Crippen LogP contribution < -0.4 is 10.6 Å². The zero-order valence-electron chi connectivity index (χ0n) is 20.1. The summed E-state index contributed by atoms with van der Waals surface area (Å²) in [4.78, 5) is 0. The summed E-state index contributed by atoms with van der Waals surface area (Å²) in [6, 6.07) is 1.06. The van der Waals surface area contributed by atoms with Crippen molar-refractivity contribution in [2.45, 2.75) is 104 Å². The van der Waals surface area contributed by atoms with Gasteiger partial charge in [-0.05, 0) is 111 Å². The van der Waals surface area contributed by atoms with E-state index in [1.165, 1.54) is 44.9 Å². The van der Waals surface area contributed by atoms with Gasteiger partial charge in [-0.25, -0.2) is 0 Å². The second-order valence-corrected chi connectivity index (χ2v) is 13.1. The Morgan fingerprint density at radius 1 is 0.862 bits per heavy atom. The highest BCUT2D eigenvalue weighted by molar-refractivity contribution is 5.31. The van der Waals surface area contributed by atoms with Crippen LogP contribution in [0.1, 0.15) is 86.0 Å². The van der Waals surface area contributed by atoms with E-state index in [0.717, 1.165) is 18.3 Å². The van der Waals surface area contributed by atoms with Gasteiger partial charge in [0.05, 0.1) is 6.10 Å². The molecule has 0 aromatic rings. The van der Waals surface area contributed by atoms with Gasteiger partial charge in [-0.3, -0.25) is 0 Å². The fourth-order valence-corrected chi connectivity index (χ4v) is 11.1. The van der Waals surface area contributed by atoms with E-state index in [9.17, 15) is 5.11 Å². The highest BCUT2D eigenvalue weighted by Crippen LogP contribution is 2.88. The van der Waals surface area contributed by atoms with Gasteiger partial charge in [0.15, 0.2) is 0 Å². The molecule has 3 nitrogen and oxygen atoms in total. The highest BCUT2D eigenvalue weighted by Gasteiger charge is 2.82. The number of aliphatic hydroxyl groups is 1. The van der Waals surface area contributed by atoms with Gasteiger partial charge in [-0.2, -0.15) is 0 Å². The maximum absolute atomic E-state index is 11.3. The zero-order chi connectivity index (χ0) is 21.0. The van der Waals surface area contributed by atoms with Crippen LogP contribution in [0.15, 0.2) is 0 Å². The van der Waals surface area contributed by atoms with Crippen LogP contribution in [-0.4, -0.2) is 37.4 Å². The molecule has 0 amide bonds. The summed E-state index contributed by atoms with van der Waals surface area (Å²) >= 11 is 0. The Bertz CT molecular complexity index is 692. The number of hydrogen-bond donors (Lipinski definition) is 3. The van der Waals surface area contributed by atoms with Crippen molar-refractivity contribution in [2.24, 2.45) is 44.8 Å². The minimum Gasteiger partial charge on any atom is -0.393 e. The Kier molecular flexibility index (Phi) is 4.31. The predicted molar refractivity (Wildman–Crippen MR) is 120 cm³/mol. The summed E-state index contributed by atoms with van der Waals surface area (Å²) in [5.74, 6) is 2.08. The molecule has 0 radical (unpaired) electrons. The summed E-state index contributed by atoms with van der Waals surface area (Å²) in [7, 11) is 4.25. The Hall–Kier alpha value is -0.120. The molecule has 0 heterocycles. The summed E-state index contributed by atoms with van der Waals surface area (Å²) in [6.07, 6.45) is 10.7. The van der Waals surface area contributed by atoms with Crippen LogP contribution in [0.5, 0.6) is 0 Å². The Balaban J connectivity index is 1.52. The molecule has 0 aliphatic heterocycles. The molecule has 5 aliphatic carbocycles. The molecular weight excluding hydrogens is 356 g/mol. The normalized spacial score (nSPS) is 58.6. The highest BCUT2D eigenvalue weighted by atomic mass is 16.3. The van der Waals surface area contributed by atoms with E-state index in [1.54, 1.807) is 0 Å². The lowest BCUT2D eigenvalue weighted by Crippen LogP contribution is -2.59. The minimum atomic E-state index is -0.147. The van der Waals surface area contributed by atoms with Crippen LogP contribution in [0.2, 0.25) is 0 Å². The lowest BCUT2D eigenvalue weighted by Gasteiger charge is -2.63. The molecule has 0 saturated heterocycles. The smallest absolute Gasteiger partial charge is 0.0594 e. The molecule has 0 aromatic heterocycles. The van der Waals surface area contributed by atoms with E-state index in [4.69, 9.17) is 0 Å². The Morgan fingerprint density at radius 3 is 2.17 bits per heavy atom. The SMILES string of the molecule is CNC(C)[C@H]1[C@H](O)C[C@@]2(C)[C@@H]3CC[C@H]4C(C)(C)[C@H](NC)CC[C@@]45C[C@@]35CC[C@]12C. The average molecular weight is 403 g/mol. The first-order valence-electron chi connectivity index (χ1n) is 12.6. The van der Waals surface area contributed by atoms with Crippen molar-refractivity contribution in [3.05, 3.63) is 0 Å². The second kappa shape index (κ2) is 6.01. The molecule has 29 heavy (non-hydrogen) atoms. The third-order valence-electron chi connectivity index (χ3n) is 12.5. The van der Waals surface area contributed by atoms with Crippen molar-refractivity contribution >= 4 is 0 Å². The van der Waals surface area contributed by atoms with Gasteiger partial charge in [0, 0.05) is 18.0 Å². The quantitative estimate of drug-likeness (QED) is 0.647. The molecule has 5 fully saturated rings. The molecule has 166 valence electrons. The molecule has 0 aromatic carbocycles. The first-order chi connectivity index (χ1) is 13.5. The number of aliphatic hydroxyl groups excluding tert-OH is 1. The van der Waals surface area contributed by atoms with Gasteiger partial charge < -0.3 is 15.7 Å². The lowest BCUT2D eigenvalue weighted by atomic mass is 9.42. The maximum Gasteiger partial charge on any atom is 0.0594 e. The monoisotopic (exact) mass is 402 g/mol. The van der Waals surface area contributed by atoms with E-state index in [0.29, 0.717) is 39.7 Å². The van der Waals surface area contributed by atoms with Gasteiger partial charge in [0.2, 0.25) is 0 Å². The van der Waals surface area contributed by atoms with Crippen molar-refractivity contribution in [1.82, 2.24) is 10.6 Å². The number of rotatable bonds is 3. The topological polar surface area (TPSA) is 44.3 Å². The fraction of sp³-hybridized carbons (Fsp3) is 1.00. The molecular formula is C26H46N2O. The molecule has 0 bridgehead atoms. The maximum atomic E-state index is 11.3. The first kappa shape index (κ1) is 20.8. The minimum absolute atomic E-state index is 0.147. The van der Waals surface area contributed by atoms with E-state index in [1.807, 2.05) is 0 Å². The molecule has 5 aliphatic rings. The summed E-state index contributed by atoms with van der Waals surface area (Å²) in [6.45, 7) is 12.6. The molecule has 1 unspecified atom stereocenters. The Labute approximate surface area is 179 Å². The Morgan fingerprint density at radius 2 is 1.52 bits per heavy atom. The largest absolute Gasteiger partial charge is 0.393 e. The van der Waals surface area contributed by atoms with E-state index >= 15 is 0 Å². The molecule has 10 atom stereocenters. The summed E-state index contributed by atoms with van der Waals surface area (Å²) in [5.41, 5.74) is 2.14. The number of fused-ring (bicyclic) bond motifs is 2. The zero-order valence-corrected chi connectivity index (χ0v) is 20.1. The van der Waals surface area contributed by atoms with Crippen molar-refractivity contribution in [2.75, 3.05) is 14.1 Å². The van der Waals surface area contributed by atoms with E-state index in [2.05, 4.69) is 59.3 Å². The first-order valence-corrected chi connectivity index (χ1v) is 12.6. The third-order valence-corrected chi connectivity index (χ3v) is 12.5. The van der Waals surface area contributed by atoms with Crippen LogP contribution in [0.4, 0.5) is 0 Å². The van der Waals surface area contributed by atoms with Crippen LogP contribution in [0.3, 0.4) is 0 Å². The molecule has 3 heteroatoms. The van der Waals surface area contributed by atoms with Crippen molar-refractivity contribution in [3.8, 4) is 0 Å². The molecule has 2 spiro atoms. The van der Waals surface area contributed by atoms with Gasteiger partial charge in [-0.1, -0.05) is 27.7 Å². The molecule has 5 saturated carbocycles. The number of hydrogen-bond acceptors (Lipinski definition) is 3.